The number of nitrogens with one attached hydrogen (secondary N) is 1. The fraction of sp³-hybridized carbons (Fsp3) is 0.343. The van der Waals surface area contributed by atoms with Gasteiger partial charge in [-0.1, -0.05) is 17.5 Å². The van der Waals surface area contributed by atoms with Crippen LogP contribution in [0.5, 0.6) is 0 Å². The second-order valence-corrected chi connectivity index (χ2v) is 13.9. The van der Waals surface area contributed by atoms with Crippen LogP contribution in [0.3, 0.4) is 0 Å². The number of hydrogen-bond acceptors (Lipinski definition) is 7. The number of anilines is 1. The van der Waals surface area contributed by atoms with Gasteiger partial charge in [-0.15, -0.1) is 10.2 Å². The highest BCUT2D eigenvalue weighted by atomic mass is 35.5. The van der Waals surface area contributed by atoms with Gasteiger partial charge >= 0.3 is 6.18 Å². The standard InChI is InChI=1S/C35H28ClF7N8O2/c1-33(2,53)10-9-19-3-4-20(21-6-8-25(36)51-31(21)47-48-32(51)44)28(45-19)24(13-16-11-17(37)14-18(38)12-16)46-26(52)15-50-30-27(29(49-50)35(41,42)43)22-5-7-23(22)34(30,39)40/h3-4,6,8,11-12,14,22-24,53H,5,7,13,15H2,1-2H3,(H2,44,48)(H,46,52). The number of benzene rings is 1. The third-order valence-corrected chi connectivity index (χ3v) is 9.54. The van der Waals surface area contributed by atoms with Crippen LogP contribution in [-0.2, 0) is 29.9 Å². The quantitative estimate of drug-likeness (QED) is 0.100. The molecule has 18 heteroatoms. The van der Waals surface area contributed by atoms with Gasteiger partial charge in [0.05, 0.1) is 11.7 Å². The van der Waals surface area contributed by atoms with Crippen molar-refractivity contribution < 1.29 is 40.6 Å². The Morgan fingerprint density at radius 3 is 2.43 bits per heavy atom. The Labute approximate surface area is 301 Å². The first-order valence-electron chi connectivity index (χ1n) is 16.2. The predicted molar refractivity (Wildman–Crippen MR) is 176 cm³/mol. The lowest BCUT2D eigenvalue weighted by atomic mass is 9.73. The second-order valence-electron chi connectivity index (χ2n) is 13.5. The molecule has 7 rings (SSSR count). The number of pyridine rings is 2. The largest absolute Gasteiger partial charge is 0.435 e. The van der Waals surface area contributed by atoms with Crippen LogP contribution in [0.1, 0.15) is 72.6 Å². The second kappa shape index (κ2) is 12.7. The Kier molecular flexibility index (Phi) is 8.68. The molecule has 4 N–H and O–H groups in total. The van der Waals surface area contributed by atoms with E-state index in [9.17, 15) is 31.9 Å². The van der Waals surface area contributed by atoms with Crippen molar-refractivity contribution in [3.63, 3.8) is 0 Å². The monoisotopic (exact) mass is 760 g/mol. The van der Waals surface area contributed by atoms with Crippen LogP contribution in [0.25, 0.3) is 16.8 Å². The average Bonchev–Trinajstić information content (AvgIpc) is 3.64. The molecule has 5 aromatic rings. The fourth-order valence-corrected chi connectivity index (χ4v) is 7.19. The summed E-state index contributed by atoms with van der Waals surface area (Å²) in [5.74, 6) is -3.72. The lowest BCUT2D eigenvalue weighted by Gasteiger charge is -2.34. The SMILES string of the molecule is CC(C)(O)C#Cc1ccc(-c2ccc(Cl)n3c(N)nnc23)c(C(Cc2cc(F)cc(F)c2)NC(=O)Cn2nc(C(F)(F)F)c3c2C(F)(F)C2CCC32)n1. The van der Waals surface area contributed by atoms with Crippen molar-refractivity contribution in [3.8, 4) is 23.0 Å². The molecule has 1 fully saturated rings. The van der Waals surface area contributed by atoms with Gasteiger partial charge in [0.15, 0.2) is 11.3 Å². The molecule has 0 aliphatic heterocycles. The van der Waals surface area contributed by atoms with Crippen LogP contribution in [0, 0.1) is 29.4 Å². The molecule has 3 atom stereocenters. The summed E-state index contributed by atoms with van der Waals surface area (Å²) in [6.45, 7) is 1.81. The van der Waals surface area contributed by atoms with E-state index in [1.807, 2.05) is 0 Å². The number of nitrogen functional groups attached to an aromatic ring is 1. The third kappa shape index (κ3) is 6.65. The van der Waals surface area contributed by atoms with Gasteiger partial charge in [-0.3, -0.25) is 13.9 Å². The summed E-state index contributed by atoms with van der Waals surface area (Å²) in [4.78, 5) is 18.5. The van der Waals surface area contributed by atoms with Gasteiger partial charge < -0.3 is 16.2 Å². The molecule has 0 spiro atoms. The Morgan fingerprint density at radius 1 is 1.09 bits per heavy atom. The molecule has 0 bridgehead atoms. The molecule has 4 aromatic heterocycles. The number of carbonyl (C=O) groups is 1. The molecular weight excluding hydrogens is 733 g/mol. The molecule has 53 heavy (non-hydrogen) atoms. The predicted octanol–water partition coefficient (Wildman–Crippen LogP) is 6.34. The maximum absolute atomic E-state index is 15.5. The summed E-state index contributed by atoms with van der Waals surface area (Å²) in [5.41, 5.74) is 2.35. The molecule has 1 amide bonds. The van der Waals surface area contributed by atoms with Gasteiger partial charge in [0.25, 0.3) is 5.92 Å². The van der Waals surface area contributed by atoms with E-state index in [-0.39, 0.29) is 58.5 Å². The van der Waals surface area contributed by atoms with Gasteiger partial charge in [0, 0.05) is 28.7 Å². The first-order valence-corrected chi connectivity index (χ1v) is 16.6. The van der Waals surface area contributed by atoms with E-state index in [0.29, 0.717) is 16.3 Å². The normalized spacial score (nSPS) is 18.2. The van der Waals surface area contributed by atoms with E-state index in [1.165, 1.54) is 30.4 Å². The number of nitrogens with two attached hydrogens (primary N) is 1. The van der Waals surface area contributed by atoms with Crippen LogP contribution < -0.4 is 11.1 Å². The first-order chi connectivity index (χ1) is 24.8. The Hall–Kier alpha value is -5.21. The van der Waals surface area contributed by atoms with Gasteiger partial charge in [0.1, 0.15) is 40.3 Å². The molecule has 1 aromatic carbocycles. The molecular formula is C35H28ClF7N8O2. The topological polar surface area (TPSA) is 136 Å². The zero-order chi connectivity index (χ0) is 38.2. The summed E-state index contributed by atoms with van der Waals surface area (Å²) in [5, 5.41) is 24.5. The van der Waals surface area contributed by atoms with E-state index >= 15 is 8.78 Å². The number of rotatable bonds is 7. The first kappa shape index (κ1) is 36.2. The van der Waals surface area contributed by atoms with Crippen LogP contribution in [0.15, 0.2) is 42.5 Å². The average molecular weight is 761 g/mol. The fourth-order valence-electron chi connectivity index (χ4n) is 6.96. The maximum atomic E-state index is 15.5. The van der Waals surface area contributed by atoms with Crippen LogP contribution in [-0.4, -0.2) is 46.0 Å². The van der Waals surface area contributed by atoms with E-state index in [2.05, 4.69) is 37.4 Å². The molecule has 1 saturated carbocycles. The number of alkyl halides is 5. The van der Waals surface area contributed by atoms with E-state index in [1.54, 1.807) is 12.1 Å². The molecule has 0 saturated heterocycles. The lowest BCUT2D eigenvalue weighted by molar-refractivity contribution is -0.144. The number of halogens is 8. The van der Waals surface area contributed by atoms with Gasteiger partial charge in [-0.05, 0) is 86.9 Å². The molecule has 4 heterocycles. The van der Waals surface area contributed by atoms with Crippen molar-refractivity contribution >= 4 is 29.1 Å². The molecule has 2 aliphatic carbocycles. The number of fused-ring (bicyclic) bond motifs is 4. The number of carbonyl (C=O) groups excluding carboxylic acids is 1. The zero-order valence-corrected chi connectivity index (χ0v) is 28.5. The van der Waals surface area contributed by atoms with Crippen LogP contribution >= 0.6 is 11.6 Å². The molecule has 0 radical (unpaired) electrons. The molecule has 276 valence electrons. The van der Waals surface area contributed by atoms with Crippen molar-refractivity contribution in [1.82, 2.24) is 34.7 Å². The number of aromatic nitrogens is 6. The Balaban J connectivity index is 1.36. The summed E-state index contributed by atoms with van der Waals surface area (Å²) in [6, 6.07) is 7.38. The highest BCUT2D eigenvalue weighted by molar-refractivity contribution is 6.30. The maximum Gasteiger partial charge on any atom is 0.435 e. The van der Waals surface area contributed by atoms with Gasteiger partial charge in [-0.2, -0.15) is 27.1 Å². The smallest absolute Gasteiger partial charge is 0.378 e. The van der Waals surface area contributed by atoms with Crippen molar-refractivity contribution in [3.05, 3.63) is 93.2 Å². The number of hydrogen-bond donors (Lipinski definition) is 3. The van der Waals surface area contributed by atoms with Gasteiger partial charge in [0.2, 0.25) is 11.9 Å². The summed E-state index contributed by atoms with van der Waals surface area (Å²) < 4.78 is 104. The minimum atomic E-state index is -5.06. The number of nitrogens with zero attached hydrogens (tertiary/aromatic N) is 6. The van der Waals surface area contributed by atoms with Crippen molar-refractivity contribution in [1.29, 1.82) is 0 Å². The van der Waals surface area contributed by atoms with Gasteiger partial charge in [-0.25, -0.2) is 13.8 Å². The summed E-state index contributed by atoms with van der Waals surface area (Å²) in [6.07, 6.45) is -5.28. The van der Waals surface area contributed by atoms with E-state index in [0.717, 1.165) is 12.1 Å². The van der Waals surface area contributed by atoms with Crippen LogP contribution in [0.2, 0.25) is 5.15 Å². The minimum Gasteiger partial charge on any atom is -0.378 e. The summed E-state index contributed by atoms with van der Waals surface area (Å²) in [7, 11) is 0. The highest BCUT2D eigenvalue weighted by Gasteiger charge is 2.63. The minimum absolute atomic E-state index is 0.0128. The molecule has 10 nitrogen and oxygen atoms in total. The third-order valence-electron chi connectivity index (χ3n) is 9.25. The Morgan fingerprint density at radius 2 is 1.79 bits per heavy atom. The Bertz CT molecular complexity index is 2340. The number of amides is 1. The summed E-state index contributed by atoms with van der Waals surface area (Å²) >= 11 is 6.35. The zero-order valence-electron chi connectivity index (χ0n) is 27.7. The molecule has 3 unspecified atom stereocenters. The van der Waals surface area contributed by atoms with Crippen molar-refractivity contribution in [2.24, 2.45) is 5.92 Å². The molecule has 2 aliphatic rings. The van der Waals surface area contributed by atoms with E-state index < -0.39 is 76.6 Å². The van der Waals surface area contributed by atoms with Crippen LogP contribution in [0.4, 0.5) is 36.7 Å². The van der Waals surface area contributed by atoms with E-state index in [4.69, 9.17) is 17.3 Å². The highest BCUT2D eigenvalue weighted by Crippen LogP contribution is 2.64. The van der Waals surface area contributed by atoms with Crippen molar-refractivity contribution in [2.45, 2.75) is 69.3 Å². The lowest BCUT2D eigenvalue weighted by Crippen LogP contribution is -2.36. The van der Waals surface area contributed by atoms with Crippen molar-refractivity contribution in [2.75, 3.05) is 5.73 Å². The number of aliphatic hydroxyl groups is 1.